The first-order chi connectivity index (χ1) is 11.1. The topological polar surface area (TPSA) is 65.7 Å². The zero-order valence-corrected chi connectivity index (χ0v) is 14.6. The van der Waals surface area contributed by atoms with E-state index in [0.29, 0.717) is 12.6 Å². The number of likely N-dealkylation sites (tertiary alicyclic amines) is 1. The second-order valence-corrected chi connectivity index (χ2v) is 6.22. The number of rotatable bonds is 6. The Morgan fingerprint density at radius 3 is 2.78 bits per heavy atom. The van der Waals surface area contributed by atoms with Crippen LogP contribution < -0.4 is 10.6 Å². The molecule has 1 aliphatic rings. The smallest absolute Gasteiger partial charge is 0.191 e. The maximum Gasteiger partial charge on any atom is 0.191 e. The Morgan fingerprint density at radius 1 is 1.48 bits per heavy atom. The van der Waals surface area contributed by atoms with Gasteiger partial charge in [0.25, 0.3) is 0 Å². The molecule has 0 aromatic carbocycles. The van der Waals surface area contributed by atoms with Crippen LogP contribution in [0, 0.1) is 0 Å². The van der Waals surface area contributed by atoms with Gasteiger partial charge in [-0.05, 0) is 26.2 Å². The molecule has 0 saturated carbocycles. The molecule has 0 bridgehead atoms. The summed E-state index contributed by atoms with van der Waals surface area (Å²) in [6.45, 7) is 11.9. The molecule has 0 atom stereocenters. The van der Waals surface area contributed by atoms with E-state index in [2.05, 4.69) is 46.1 Å². The Labute approximate surface area is 139 Å². The number of aryl methyl sites for hydroxylation is 1. The van der Waals surface area contributed by atoms with E-state index in [4.69, 9.17) is 4.52 Å². The third-order valence-electron chi connectivity index (χ3n) is 4.05. The summed E-state index contributed by atoms with van der Waals surface area (Å²) in [5.74, 6) is 1.65. The molecule has 6 heteroatoms. The molecule has 0 radical (unpaired) electrons. The Bertz CT molecular complexity index is 529. The lowest BCUT2D eigenvalue weighted by Crippen LogP contribution is -2.48. The molecule has 0 spiro atoms. The summed E-state index contributed by atoms with van der Waals surface area (Å²) >= 11 is 0. The van der Waals surface area contributed by atoms with Crippen molar-refractivity contribution in [3.8, 4) is 0 Å². The van der Waals surface area contributed by atoms with Crippen molar-refractivity contribution < 1.29 is 4.52 Å². The maximum absolute atomic E-state index is 5.28. The Balaban J connectivity index is 1.74. The zero-order valence-electron chi connectivity index (χ0n) is 14.6. The van der Waals surface area contributed by atoms with Gasteiger partial charge in [-0.3, -0.25) is 9.89 Å². The minimum Gasteiger partial charge on any atom is -0.359 e. The number of guanidine groups is 1. The van der Waals surface area contributed by atoms with Crippen LogP contribution in [-0.4, -0.2) is 48.7 Å². The number of piperidine rings is 1. The number of hydrogen-bond donors (Lipinski definition) is 2. The summed E-state index contributed by atoms with van der Waals surface area (Å²) in [5, 5.41) is 10.8. The summed E-state index contributed by atoms with van der Waals surface area (Å²) in [4.78, 5) is 6.75. The van der Waals surface area contributed by atoms with Gasteiger partial charge in [-0.25, -0.2) is 0 Å². The summed E-state index contributed by atoms with van der Waals surface area (Å²) in [6.07, 6.45) is 3.13. The molecule has 23 heavy (non-hydrogen) atoms. The van der Waals surface area contributed by atoms with Gasteiger partial charge in [0.2, 0.25) is 0 Å². The van der Waals surface area contributed by atoms with Gasteiger partial charge in [0.1, 0.15) is 0 Å². The first-order valence-electron chi connectivity index (χ1n) is 8.39. The molecule has 128 valence electrons. The molecule has 1 aliphatic heterocycles. The number of nitrogens with zero attached hydrogens (tertiary/aromatic N) is 3. The third-order valence-corrected chi connectivity index (χ3v) is 4.05. The van der Waals surface area contributed by atoms with E-state index in [1.807, 2.05) is 6.07 Å². The molecule has 1 fully saturated rings. The van der Waals surface area contributed by atoms with Crippen LogP contribution in [0.5, 0.6) is 0 Å². The number of nitrogens with one attached hydrogen (secondary N) is 2. The lowest BCUT2D eigenvalue weighted by molar-refractivity contribution is 0.221. The van der Waals surface area contributed by atoms with Crippen molar-refractivity contribution in [2.24, 2.45) is 4.99 Å². The minimum atomic E-state index is 0.462. The van der Waals surface area contributed by atoms with E-state index in [0.717, 1.165) is 56.3 Å². The highest BCUT2D eigenvalue weighted by molar-refractivity contribution is 5.79. The number of aliphatic imine (C=N–C) groups is 1. The van der Waals surface area contributed by atoms with Gasteiger partial charge in [-0.15, -0.1) is 0 Å². The fraction of sp³-hybridized carbons (Fsp3) is 0.647. The number of aromatic nitrogens is 1. The molecular weight excluding hydrogens is 290 g/mol. The molecule has 2 heterocycles. The van der Waals surface area contributed by atoms with Gasteiger partial charge in [0.05, 0.1) is 12.2 Å². The summed E-state index contributed by atoms with van der Waals surface area (Å²) < 4.78 is 5.28. The Kier molecular flexibility index (Phi) is 6.65. The van der Waals surface area contributed by atoms with Crippen molar-refractivity contribution in [2.45, 2.75) is 45.7 Å². The predicted octanol–water partition coefficient (Wildman–Crippen LogP) is 1.94. The molecule has 2 rings (SSSR count). The van der Waals surface area contributed by atoms with Crippen LogP contribution in [0.1, 0.15) is 38.1 Å². The standard InChI is InChI=1S/C17H29N5O/c1-5-14-10-16(23-21-14)11-19-17(18-4)20-15-6-8-22(9-7-15)12-13(2)3/h10,15H,2,5-9,11-12H2,1,3-4H3,(H2,18,19,20). The third kappa shape index (κ3) is 5.71. The van der Waals surface area contributed by atoms with Crippen molar-refractivity contribution in [3.63, 3.8) is 0 Å². The first kappa shape index (κ1) is 17.5. The molecule has 2 N–H and O–H groups in total. The van der Waals surface area contributed by atoms with E-state index in [1.54, 1.807) is 7.05 Å². The maximum atomic E-state index is 5.28. The fourth-order valence-electron chi connectivity index (χ4n) is 2.78. The second-order valence-electron chi connectivity index (χ2n) is 6.22. The average Bonchev–Trinajstić information content (AvgIpc) is 3.00. The van der Waals surface area contributed by atoms with Crippen LogP contribution in [0.2, 0.25) is 0 Å². The highest BCUT2D eigenvalue weighted by atomic mass is 16.5. The molecule has 0 aliphatic carbocycles. The highest BCUT2D eigenvalue weighted by Crippen LogP contribution is 2.11. The molecule has 1 aromatic rings. The quantitative estimate of drug-likeness (QED) is 0.476. The van der Waals surface area contributed by atoms with Crippen LogP contribution in [0.4, 0.5) is 0 Å². The van der Waals surface area contributed by atoms with Gasteiger partial charge in [0.15, 0.2) is 11.7 Å². The van der Waals surface area contributed by atoms with Crippen molar-refractivity contribution in [3.05, 3.63) is 29.7 Å². The summed E-state index contributed by atoms with van der Waals surface area (Å²) in [6, 6.07) is 2.44. The summed E-state index contributed by atoms with van der Waals surface area (Å²) in [7, 11) is 1.80. The van der Waals surface area contributed by atoms with E-state index >= 15 is 0 Å². The lowest BCUT2D eigenvalue weighted by atomic mass is 10.0. The highest BCUT2D eigenvalue weighted by Gasteiger charge is 2.19. The molecule has 1 saturated heterocycles. The number of hydrogen-bond acceptors (Lipinski definition) is 4. The van der Waals surface area contributed by atoms with Crippen LogP contribution >= 0.6 is 0 Å². The van der Waals surface area contributed by atoms with E-state index in [1.165, 1.54) is 5.57 Å². The van der Waals surface area contributed by atoms with Crippen molar-refractivity contribution in [1.82, 2.24) is 20.7 Å². The summed E-state index contributed by atoms with van der Waals surface area (Å²) in [5.41, 5.74) is 2.21. The van der Waals surface area contributed by atoms with Crippen LogP contribution in [0.3, 0.4) is 0 Å². The van der Waals surface area contributed by atoms with Gasteiger partial charge >= 0.3 is 0 Å². The molecule has 0 amide bonds. The van der Waals surface area contributed by atoms with Crippen molar-refractivity contribution in [2.75, 3.05) is 26.7 Å². The van der Waals surface area contributed by atoms with E-state index < -0.39 is 0 Å². The van der Waals surface area contributed by atoms with Crippen LogP contribution in [-0.2, 0) is 13.0 Å². The van der Waals surface area contributed by atoms with Gasteiger partial charge in [0, 0.05) is 38.8 Å². The second kappa shape index (κ2) is 8.72. The Morgan fingerprint density at radius 2 is 2.22 bits per heavy atom. The fourth-order valence-corrected chi connectivity index (χ4v) is 2.78. The molecule has 1 aromatic heterocycles. The predicted molar refractivity (Wildman–Crippen MR) is 93.5 cm³/mol. The largest absolute Gasteiger partial charge is 0.359 e. The normalized spacial score (nSPS) is 17.3. The monoisotopic (exact) mass is 319 g/mol. The minimum absolute atomic E-state index is 0.462. The van der Waals surface area contributed by atoms with Gasteiger partial charge in [-0.2, -0.15) is 0 Å². The lowest BCUT2D eigenvalue weighted by Gasteiger charge is -2.33. The van der Waals surface area contributed by atoms with Crippen LogP contribution in [0.25, 0.3) is 0 Å². The van der Waals surface area contributed by atoms with Crippen molar-refractivity contribution in [1.29, 1.82) is 0 Å². The zero-order chi connectivity index (χ0) is 16.7. The van der Waals surface area contributed by atoms with E-state index in [-0.39, 0.29) is 0 Å². The van der Waals surface area contributed by atoms with Crippen molar-refractivity contribution >= 4 is 5.96 Å². The SMILES string of the molecule is C=C(C)CN1CCC(NC(=NC)NCc2cc(CC)no2)CC1. The molecule has 6 nitrogen and oxygen atoms in total. The van der Waals surface area contributed by atoms with Crippen LogP contribution in [0.15, 0.2) is 27.7 Å². The van der Waals surface area contributed by atoms with E-state index in [9.17, 15) is 0 Å². The first-order valence-corrected chi connectivity index (χ1v) is 8.39. The van der Waals surface area contributed by atoms with Gasteiger partial charge < -0.3 is 15.2 Å². The Hall–Kier alpha value is -1.82. The molecular formula is C17H29N5O. The average molecular weight is 319 g/mol. The van der Waals surface area contributed by atoms with Gasteiger partial charge in [-0.1, -0.05) is 24.2 Å². The molecule has 0 unspecified atom stereocenters.